The quantitative estimate of drug-likeness (QED) is 0.824. The van der Waals surface area contributed by atoms with Gasteiger partial charge in [-0.2, -0.15) is 0 Å². The minimum absolute atomic E-state index is 0.0541. The van der Waals surface area contributed by atoms with Crippen molar-refractivity contribution in [3.05, 3.63) is 35.4 Å². The summed E-state index contributed by atoms with van der Waals surface area (Å²) < 4.78 is 0. The summed E-state index contributed by atoms with van der Waals surface area (Å²) in [5.74, 6) is 0.227. The highest BCUT2D eigenvalue weighted by Gasteiger charge is 2.25. The molecule has 1 amide bonds. The second-order valence-corrected chi connectivity index (χ2v) is 5.37. The SMILES string of the molecule is CCCCCN(C)C(=O)C1Cc2ccccc2CN1. The number of carbonyl (C=O) groups excluding carboxylic acids is 1. The molecule has 0 aliphatic carbocycles. The van der Waals surface area contributed by atoms with E-state index >= 15 is 0 Å². The van der Waals surface area contributed by atoms with Crippen LogP contribution in [0.1, 0.15) is 37.3 Å². The molecule has 1 aliphatic rings. The molecule has 1 heterocycles. The van der Waals surface area contributed by atoms with E-state index in [1.165, 1.54) is 24.0 Å². The van der Waals surface area contributed by atoms with E-state index in [0.717, 1.165) is 25.9 Å². The second kappa shape index (κ2) is 6.71. The zero-order valence-corrected chi connectivity index (χ0v) is 12.0. The van der Waals surface area contributed by atoms with Gasteiger partial charge in [0.2, 0.25) is 5.91 Å². The van der Waals surface area contributed by atoms with E-state index in [2.05, 4.69) is 36.5 Å². The van der Waals surface area contributed by atoms with Gasteiger partial charge in [-0.1, -0.05) is 44.0 Å². The van der Waals surface area contributed by atoms with Crippen LogP contribution in [0.2, 0.25) is 0 Å². The molecule has 1 aromatic rings. The topological polar surface area (TPSA) is 32.3 Å². The zero-order chi connectivity index (χ0) is 13.7. The third-order valence-electron chi connectivity index (χ3n) is 3.85. The molecule has 2 rings (SSSR count). The van der Waals surface area contributed by atoms with Crippen LogP contribution in [0.5, 0.6) is 0 Å². The van der Waals surface area contributed by atoms with Crippen molar-refractivity contribution in [3.8, 4) is 0 Å². The molecule has 1 atom stereocenters. The number of fused-ring (bicyclic) bond motifs is 1. The largest absolute Gasteiger partial charge is 0.344 e. The number of hydrogen-bond acceptors (Lipinski definition) is 2. The van der Waals surface area contributed by atoms with Crippen LogP contribution >= 0.6 is 0 Å². The highest BCUT2D eigenvalue weighted by atomic mass is 16.2. The molecular weight excluding hydrogens is 236 g/mol. The predicted molar refractivity (Wildman–Crippen MR) is 77.9 cm³/mol. The number of nitrogens with zero attached hydrogens (tertiary/aromatic N) is 1. The Morgan fingerprint density at radius 1 is 1.32 bits per heavy atom. The number of carbonyl (C=O) groups is 1. The maximum Gasteiger partial charge on any atom is 0.239 e. The van der Waals surface area contributed by atoms with Crippen molar-refractivity contribution in [1.29, 1.82) is 0 Å². The molecule has 0 fully saturated rings. The summed E-state index contributed by atoms with van der Waals surface area (Å²) in [5, 5.41) is 3.36. The third-order valence-corrected chi connectivity index (χ3v) is 3.85. The number of benzene rings is 1. The predicted octanol–water partition coefficient (Wildman–Crippen LogP) is 2.35. The lowest BCUT2D eigenvalue weighted by atomic mass is 9.95. The minimum atomic E-state index is -0.0541. The number of unbranched alkanes of at least 4 members (excludes halogenated alkanes) is 2. The van der Waals surface area contributed by atoms with Crippen LogP contribution < -0.4 is 5.32 Å². The molecule has 1 unspecified atom stereocenters. The summed E-state index contributed by atoms with van der Waals surface area (Å²) in [7, 11) is 1.92. The van der Waals surface area contributed by atoms with Gasteiger partial charge in [-0.15, -0.1) is 0 Å². The first-order valence-electron chi connectivity index (χ1n) is 7.27. The number of hydrogen-bond donors (Lipinski definition) is 1. The molecule has 0 saturated heterocycles. The fourth-order valence-electron chi connectivity index (χ4n) is 2.60. The molecule has 1 aliphatic heterocycles. The molecular formula is C16H24N2O. The van der Waals surface area contributed by atoms with Crippen molar-refractivity contribution in [2.45, 2.75) is 45.2 Å². The van der Waals surface area contributed by atoms with Crippen LogP contribution in [0.15, 0.2) is 24.3 Å². The van der Waals surface area contributed by atoms with E-state index in [1.54, 1.807) is 0 Å². The minimum Gasteiger partial charge on any atom is -0.344 e. The van der Waals surface area contributed by atoms with Crippen LogP contribution in [0.25, 0.3) is 0 Å². The van der Waals surface area contributed by atoms with Crippen LogP contribution in [0.3, 0.4) is 0 Å². The number of rotatable bonds is 5. The molecule has 1 aromatic carbocycles. The lowest BCUT2D eigenvalue weighted by molar-refractivity contribution is -0.132. The fourth-order valence-corrected chi connectivity index (χ4v) is 2.60. The number of likely N-dealkylation sites (N-methyl/N-ethyl adjacent to an activating group) is 1. The summed E-state index contributed by atoms with van der Waals surface area (Å²) in [6.07, 6.45) is 4.30. The van der Waals surface area contributed by atoms with Crippen molar-refractivity contribution in [1.82, 2.24) is 10.2 Å². The van der Waals surface area contributed by atoms with E-state index in [-0.39, 0.29) is 11.9 Å². The van der Waals surface area contributed by atoms with Gasteiger partial charge in [0.1, 0.15) is 0 Å². The van der Waals surface area contributed by atoms with E-state index in [9.17, 15) is 4.79 Å². The van der Waals surface area contributed by atoms with Crippen LogP contribution in [-0.4, -0.2) is 30.4 Å². The highest BCUT2D eigenvalue weighted by molar-refractivity contribution is 5.82. The summed E-state index contributed by atoms with van der Waals surface area (Å²) in [6, 6.07) is 8.32. The Balaban J connectivity index is 1.91. The first-order chi connectivity index (χ1) is 9.22. The van der Waals surface area contributed by atoms with Gasteiger partial charge in [0.05, 0.1) is 6.04 Å². The third kappa shape index (κ3) is 3.57. The van der Waals surface area contributed by atoms with E-state index < -0.39 is 0 Å². The number of amides is 1. The average Bonchev–Trinajstić information content (AvgIpc) is 2.46. The molecule has 19 heavy (non-hydrogen) atoms. The van der Waals surface area contributed by atoms with Gasteiger partial charge in [0.15, 0.2) is 0 Å². The Hall–Kier alpha value is -1.35. The summed E-state index contributed by atoms with van der Waals surface area (Å²) in [5.41, 5.74) is 2.63. The molecule has 0 aromatic heterocycles. The summed E-state index contributed by atoms with van der Waals surface area (Å²) >= 11 is 0. The highest BCUT2D eigenvalue weighted by Crippen LogP contribution is 2.17. The molecule has 0 saturated carbocycles. The Bertz CT molecular complexity index is 431. The van der Waals surface area contributed by atoms with Crippen molar-refractivity contribution in [2.24, 2.45) is 0 Å². The van der Waals surface area contributed by atoms with Gasteiger partial charge >= 0.3 is 0 Å². The zero-order valence-electron chi connectivity index (χ0n) is 12.0. The number of nitrogens with one attached hydrogen (secondary N) is 1. The standard InChI is InChI=1S/C16H24N2O/c1-3-4-7-10-18(2)16(19)15-11-13-8-5-6-9-14(13)12-17-15/h5-6,8-9,15,17H,3-4,7,10-12H2,1-2H3. The normalized spacial score (nSPS) is 17.9. The van der Waals surface area contributed by atoms with Crippen molar-refractivity contribution >= 4 is 5.91 Å². The van der Waals surface area contributed by atoms with E-state index in [1.807, 2.05) is 11.9 Å². The van der Waals surface area contributed by atoms with Gasteiger partial charge in [-0.05, 0) is 24.0 Å². The Labute approximate surface area is 116 Å². The van der Waals surface area contributed by atoms with Gasteiger partial charge < -0.3 is 10.2 Å². The summed E-state index contributed by atoms with van der Waals surface area (Å²) in [4.78, 5) is 14.2. The molecule has 104 valence electrons. The molecule has 0 radical (unpaired) electrons. The van der Waals surface area contributed by atoms with E-state index in [4.69, 9.17) is 0 Å². The van der Waals surface area contributed by atoms with E-state index in [0.29, 0.717) is 0 Å². The Morgan fingerprint density at radius 3 is 2.79 bits per heavy atom. The van der Waals surface area contributed by atoms with Gasteiger partial charge in [-0.3, -0.25) is 4.79 Å². The van der Waals surface area contributed by atoms with Crippen molar-refractivity contribution in [3.63, 3.8) is 0 Å². The monoisotopic (exact) mass is 260 g/mol. The molecule has 3 heteroatoms. The van der Waals surface area contributed by atoms with Gasteiger partial charge in [0, 0.05) is 20.1 Å². The first-order valence-corrected chi connectivity index (χ1v) is 7.27. The van der Waals surface area contributed by atoms with Crippen LogP contribution in [-0.2, 0) is 17.8 Å². The average molecular weight is 260 g/mol. The molecule has 0 bridgehead atoms. The maximum absolute atomic E-state index is 12.4. The van der Waals surface area contributed by atoms with Crippen LogP contribution in [0.4, 0.5) is 0 Å². The fraction of sp³-hybridized carbons (Fsp3) is 0.562. The molecule has 0 spiro atoms. The second-order valence-electron chi connectivity index (χ2n) is 5.37. The van der Waals surface area contributed by atoms with Gasteiger partial charge in [0.25, 0.3) is 0 Å². The van der Waals surface area contributed by atoms with Crippen molar-refractivity contribution < 1.29 is 4.79 Å². The lowest BCUT2D eigenvalue weighted by Gasteiger charge is -2.29. The molecule has 1 N–H and O–H groups in total. The lowest BCUT2D eigenvalue weighted by Crippen LogP contribution is -2.48. The Kier molecular flexibility index (Phi) is 4.97. The Morgan fingerprint density at radius 2 is 2.05 bits per heavy atom. The smallest absolute Gasteiger partial charge is 0.239 e. The first kappa shape index (κ1) is 14.1. The molecule has 3 nitrogen and oxygen atoms in total. The van der Waals surface area contributed by atoms with Crippen molar-refractivity contribution in [2.75, 3.05) is 13.6 Å². The van der Waals surface area contributed by atoms with Gasteiger partial charge in [-0.25, -0.2) is 0 Å². The summed E-state index contributed by atoms with van der Waals surface area (Å²) in [6.45, 7) is 3.85. The van der Waals surface area contributed by atoms with Crippen LogP contribution in [0, 0.1) is 0 Å². The maximum atomic E-state index is 12.4.